The number of aryl methyl sites for hydroxylation is 1. The molecule has 0 radical (unpaired) electrons. The van der Waals surface area contributed by atoms with Gasteiger partial charge in [-0.1, -0.05) is 30.3 Å². The number of methoxy groups -OCH3 is 1. The maximum absolute atomic E-state index is 13.0. The number of rotatable bonds is 16. The Hall–Kier alpha value is -4.23. The summed E-state index contributed by atoms with van der Waals surface area (Å²) in [5.41, 5.74) is 11.7. The van der Waals surface area contributed by atoms with Crippen LogP contribution in [0.3, 0.4) is 0 Å². The molecule has 0 saturated carbocycles. The fraction of sp³-hybridized carbons (Fsp3) is 0.542. The number of nitro groups is 1. The summed E-state index contributed by atoms with van der Waals surface area (Å²) in [5.74, 6) is -3.47. The predicted octanol–water partition coefficient (Wildman–Crippen LogP) is 0.0243. The van der Waals surface area contributed by atoms with Crippen molar-refractivity contribution in [1.29, 1.82) is 0 Å². The van der Waals surface area contributed by atoms with Gasteiger partial charge in [0, 0.05) is 13.0 Å². The molecule has 1 aromatic rings. The maximum Gasteiger partial charge on any atom is 0.328 e. The Morgan fingerprint density at radius 2 is 1.71 bits per heavy atom. The largest absolute Gasteiger partial charge is 0.467 e. The zero-order valence-electron chi connectivity index (χ0n) is 21.9. The van der Waals surface area contributed by atoms with Gasteiger partial charge in [0.05, 0.1) is 7.11 Å². The molecule has 0 unspecified atom stereocenters. The van der Waals surface area contributed by atoms with Gasteiger partial charge in [-0.3, -0.25) is 19.4 Å². The molecule has 1 rings (SSSR count). The molecule has 0 aliphatic heterocycles. The van der Waals surface area contributed by atoms with Crippen LogP contribution in [0.15, 0.2) is 35.3 Å². The highest BCUT2D eigenvalue weighted by atomic mass is 16.7. The third-order valence-electron chi connectivity index (χ3n) is 5.55. The van der Waals surface area contributed by atoms with Crippen LogP contribution < -0.4 is 22.1 Å². The molecule has 0 aliphatic carbocycles. The molecule has 1 aromatic carbocycles. The molecule has 38 heavy (non-hydrogen) atoms. The van der Waals surface area contributed by atoms with Crippen LogP contribution in [-0.4, -0.2) is 71.5 Å². The Labute approximate surface area is 221 Å². The first-order valence-corrected chi connectivity index (χ1v) is 12.2. The SMILES string of the molecule is COC(=O)[C@H](C)NC(=O)[C@H](CCCN=C(N)N)N(C(=O)[C@H](C)NC(=O)CCCCc1ccccc1)[N+](=O)[O-]. The standard InChI is InChI=1S/C24H37N7O7/c1-16(28-20(32)14-8-7-12-18-10-5-4-6-11-18)22(34)30(31(36)37)19(13-9-15-27-24(25)26)21(33)29-17(2)23(35)38-3/h4-6,10-11,16-17,19H,7-9,12-15H2,1-3H3,(H,28,32)(H,29,33)(H4,25,26,27)/t16-,17-,19-/m0/s1. The Morgan fingerprint density at radius 3 is 2.29 bits per heavy atom. The van der Waals surface area contributed by atoms with Crippen LogP contribution in [0.4, 0.5) is 0 Å². The number of nitrogens with zero attached hydrogens (tertiary/aromatic N) is 3. The van der Waals surface area contributed by atoms with Gasteiger partial charge in [0.15, 0.2) is 17.0 Å². The van der Waals surface area contributed by atoms with E-state index < -0.39 is 46.8 Å². The predicted molar refractivity (Wildman–Crippen MR) is 139 cm³/mol. The summed E-state index contributed by atoms with van der Waals surface area (Å²) >= 11 is 0. The first kappa shape index (κ1) is 31.8. The smallest absolute Gasteiger partial charge is 0.328 e. The lowest BCUT2D eigenvalue weighted by Gasteiger charge is -2.25. The average Bonchev–Trinajstić information content (AvgIpc) is 2.87. The summed E-state index contributed by atoms with van der Waals surface area (Å²) in [6, 6.07) is 5.75. The molecule has 210 valence electrons. The molecule has 0 fully saturated rings. The first-order valence-electron chi connectivity index (χ1n) is 12.2. The summed E-state index contributed by atoms with van der Waals surface area (Å²) in [4.78, 5) is 65.7. The molecule has 0 bridgehead atoms. The van der Waals surface area contributed by atoms with Crippen molar-refractivity contribution < 1.29 is 28.9 Å². The minimum Gasteiger partial charge on any atom is -0.467 e. The van der Waals surface area contributed by atoms with Crippen molar-refractivity contribution in [2.24, 2.45) is 16.5 Å². The number of nitrogens with two attached hydrogens (primary N) is 2. The Bertz CT molecular complexity index is 984. The highest BCUT2D eigenvalue weighted by Gasteiger charge is 2.41. The monoisotopic (exact) mass is 535 g/mol. The second-order valence-electron chi connectivity index (χ2n) is 8.62. The summed E-state index contributed by atoms with van der Waals surface area (Å²) in [7, 11) is 1.12. The number of nitrogens with one attached hydrogen (secondary N) is 2. The van der Waals surface area contributed by atoms with Crippen LogP contribution >= 0.6 is 0 Å². The number of hydrogen-bond donors (Lipinski definition) is 4. The summed E-state index contributed by atoms with van der Waals surface area (Å²) in [6.45, 7) is 2.68. The summed E-state index contributed by atoms with van der Waals surface area (Å²) < 4.78 is 4.56. The number of guanidine groups is 1. The van der Waals surface area contributed by atoms with E-state index in [9.17, 15) is 29.3 Å². The zero-order valence-corrected chi connectivity index (χ0v) is 21.9. The molecule has 14 heteroatoms. The fourth-order valence-electron chi connectivity index (χ4n) is 3.58. The van der Waals surface area contributed by atoms with Gasteiger partial charge in [-0.15, -0.1) is 0 Å². The van der Waals surface area contributed by atoms with Crippen LogP contribution in [0.1, 0.15) is 51.5 Å². The van der Waals surface area contributed by atoms with Crippen molar-refractivity contribution in [3.63, 3.8) is 0 Å². The molecule has 0 spiro atoms. The van der Waals surface area contributed by atoms with Crippen molar-refractivity contribution in [2.45, 2.75) is 70.5 Å². The molecule has 6 N–H and O–H groups in total. The lowest BCUT2D eigenvalue weighted by Crippen LogP contribution is -2.58. The van der Waals surface area contributed by atoms with Crippen LogP contribution in [-0.2, 0) is 30.3 Å². The number of esters is 1. The van der Waals surface area contributed by atoms with Gasteiger partial charge in [0.2, 0.25) is 11.8 Å². The van der Waals surface area contributed by atoms with E-state index in [-0.39, 0.29) is 36.8 Å². The molecule has 0 aliphatic rings. The Kier molecular flexibility index (Phi) is 13.8. The van der Waals surface area contributed by atoms with Gasteiger partial charge < -0.3 is 26.8 Å². The van der Waals surface area contributed by atoms with Gasteiger partial charge in [0.1, 0.15) is 12.1 Å². The number of benzene rings is 1. The summed E-state index contributed by atoms with van der Waals surface area (Å²) in [6.07, 6.45) is 2.14. The van der Waals surface area contributed by atoms with Gasteiger partial charge in [-0.2, -0.15) is 0 Å². The molecule has 0 saturated heterocycles. The fourth-order valence-corrected chi connectivity index (χ4v) is 3.58. The van der Waals surface area contributed by atoms with E-state index in [4.69, 9.17) is 11.5 Å². The molecule has 0 aromatic heterocycles. The highest BCUT2D eigenvalue weighted by molar-refractivity contribution is 5.92. The maximum atomic E-state index is 13.0. The normalized spacial score (nSPS) is 12.8. The third kappa shape index (κ3) is 11.2. The lowest BCUT2D eigenvalue weighted by atomic mass is 10.1. The molecule has 3 atom stereocenters. The number of hydrogen-bond acceptors (Lipinski definition) is 8. The number of ether oxygens (including phenoxy) is 1. The minimum absolute atomic E-state index is 0.0493. The van der Waals surface area contributed by atoms with Crippen LogP contribution in [0, 0.1) is 10.1 Å². The van der Waals surface area contributed by atoms with E-state index in [0.29, 0.717) is 6.42 Å². The van der Waals surface area contributed by atoms with Crippen molar-refractivity contribution in [1.82, 2.24) is 15.6 Å². The first-order chi connectivity index (χ1) is 18.0. The quantitative estimate of drug-likeness (QED) is 0.0560. The highest BCUT2D eigenvalue weighted by Crippen LogP contribution is 2.12. The molecular formula is C24H37N7O7. The van der Waals surface area contributed by atoms with Crippen molar-refractivity contribution in [3.05, 3.63) is 46.0 Å². The van der Waals surface area contributed by atoms with Gasteiger partial charge in [-0.05, 0) is 56.5 Å². The van der Waals surface area contributed by atoms with E-state index in [1.54, 1.807) is 0 Å². The van der Waals surface area contributed by atoms with Crippen LogP contribution in [0.25, 0.3) is 0 Å². The average molecular weight is 536 g/mol. The van der Waals surface area contributed by atoms with Crippen molar-refractivity contribution in [3.8, 4) is 0 Å². The minimum atomic E-state index is -1.61. The third-order valence-corrected chi connectivity index (χ3v) is 5.55. The van der Waals surface area contributed by atoms with E-state index in [1.807, 2.05) is 30.3 Å². The number of carbonyl (C=O) groups is 4. The van der Waals surface area contributed by atoms with Gasteiger partial charge in [-0.25, -0.2) is 14.9 Å². The number of unbranched alkanes of at least 4 members (excludes halogenated alkanes) is 1. The van der Waals surface area contributed by atoms with Crippen LogP contribution in [0.2, 0.25) is 0 Å². The number of amides is 3. The van der Waals surface area contributed by atoms with Crippen LogP contribution in [0.5, 0.6) is 0 Å². The molecule has 0 heterocycles. The van der Waals surface area contributed by atoms with E-state index in [0.717, 1.165) is 25.5 Å². The molecule has 3 amide bonds. The van der Waals surface area contributed by atoms with Crippen molar-refractivity contribution in [2.75, 3.05) is 13.7 Å². The van der Waals surface area contributed by atoms with Gasteiger partial charge in [0.25, 0.3) is 0 Å². The van der Waals surface area contributed by atoms with Crippen molar-refractivity contribution >= 4 is 29.7 Å². The molecule has 14 nitrogen and oxygen atoms in total. The number of hydrazine groups is 1. The number of carbonyl (C=O) groups excluding carboxylic acids is 4. The van der Waals surface area contributed by atoms with E-state index in [1.165, 1.54) is 13.8 Å². The zero-order chi connectivity index (χ0) is 28.7. The lowest BCUT2D eigenvalue weighted by molar-refractivity contribution is -0.640. The molecular weight excluding hydrogens is 498 g/mol. The van der Waals surface area contributed by atoms with E-state index >= 15 is 0 Å². The summed E-state index contributed by atoms with van der Waals surface area (Å²) in [5, 5.41) is 15.8. The van der Waals surface area contributed by atoms with E-state index in [2.05, 4.69) is 20.4 Å². The second-order valence-corrected chi connectivity index (χ2v) is 8.62. The number of aliphatic imine (C=N–C) groups is 1. The topological polar surface area (TPSA) is 212 Å². The Morgan fingerprint density at radius 1 is 1.05 bits per heavy atom. The van der Waals surface area contributed by atoms with Gasteiger partial charge >= 0.3 is 11.9 Å². The Balaban J connectivity index is 2.86. The second kappa shape index (κ2) is 16.5.